The zero-order chi connectivity index (χ0) is 12.5. The first-order valence-corrected chi connectivity index (χ1v) is 7.42. The number of rotatable bonds is 10. The van der Waals surface area contributed by atoms with Crippen LogP contribution in [0.1, 0.15) is 26.2 Å². The zero-order valence-electron chi connectivity index (χ0n) is 10.7. The van der Waals surface area contributed by atoms with Crippen molar-refractivity contribution in [1.29, 1.82) is 0 Å². The van der Waals surface area contributed by atoms with Crippen LogP contribution in [0.3, 0.4) is 0 Å². The monoisotopic (exact) mass is 261 g/mol. The molecule has 1 fully saturated rings. The second kappa shape index (κ2) is 8.78. The predicted molar refractivity (Wildman–Crippen MR) is 70.4 cm³/mol. The first-order chi connectivity index (χ1) is 8.27. The van der Waals surface area contributed by atoms with Gasteiger partial charge in [0.15, 0.2) is 0 Å². The summed E-state index contributed by atoms with van der Waals surface area (Å²) in [6.07, 6.45) is 3.21. The van der Waals surface area contributed by atoms with Crippen molar-refractivity contribution in [3.63, 3.8) is 0 Å². The normalized spacial score (nSPS) is 16.8. The van der Waals surface area contributed by atoms with Gasteiger partial charge in [0.25, 0.3) is 0 Å². The molecule has 4 nitrogen and oxygen atoms in total. The summed E-state index contributed by atoms with van der Waals surface area (Å²) in [7, 11) is 1.70. The highest BCUT2D eigenvalue weighted by molar-refractivity contribution is 7.99. The highest BCUT2D eigenvalue weighted by Crippen LogP contribution is 2.20. The average Bonchev–Trinajstić information content (AvgIpc) is 3.11. The van der Waals surface area contributed by atoms with Crippen molar-refractivity contribution < 1.29 is 14.3 Å². The lowest BCUT2D eigenvalue weighted by Gasteiger charge is -2.16. The fraction of sp³-hybridized carbons (Fsp3) is 0.917. The van der Waals surface area contributed by atoms with E-state index in [0.29, 0.717) is 12.6 Å². The molecule has 0 amide bonds. The third kappa shape index (κ3) is 6.91. The minimum absolute atomic E-state index is 0.105. The molecule has 1 aliphatic carbocycles. The molecule has 0 aromatic carbocycles. The van der Waals surface area contributed by atoms with Crippen LogP contribution in [0, 0.1) is 0 Å². The van der Waals surface area contributed by atoms with Gasteiger partial charge in [0.1, 0.15) is 6.04 Å². The number of ether oxygens (including phenoxy) is 2. The average molecular weight is 261 g/mol. The van der Waals surface area contributed by atoms with Crippen LogP contribution in [-0.2, 0) is 14.3 Å². The standard InChI is InChI=1S/C12H23NO3S/c1-3-16-12(14)11(13-10-4-5-10)6-8-17-9-7-15-2/h10-11,13H,3-9H2,1-2H3. The van der Waals surface area contributed by atoms with E-state index < -0.39 is 0 Å². The highest BCUT2D eigenvalue weighted by atomic mass is 32.2. The predicted octanol–water partition coefficient (Wildman–Crippen LogP) is 1.44. The van der Waals surface area contributed by atoms with Gasteiger partial charge in [-0.25, -0.2) is 0 Å². The van der Waals surface area contributed by atoms with Crippen molar-refractivity contribution >= 4 is 17.7 Å². The summed E-state index contributed by atoms with van der Waals surface area (Å²) in [5, 5.41) is 3.35. The Balaban J connectivity index is 2.17. The van der Waals surface area contributed by atoms with Crippen LogP contribution < -0.4 is 5.32 Å². The smallest absolute Gasteiger partial charge is 0.323 e. The van der Waals surface area contributed by atoms with Crippen LogP contribution in [0.4, 0.5) is 0 Å². The van der Waals surface area contributed by atoms with Gasteiger partial charge in [-0.05, 0) is 31.9 Å². The molecule has 5 heteroatoms. The fourth-order valence-corrected chi connectivity index (χ4v) is 2.38. The molecule has 0 aromatic heterocycles. The van der Waals surface area contributed by atoms with E-state index >= 15 is 0 Å². The number of hydrogen-bond donors (Lipinski definition) is 1. The minimum Gasteiger partial charge on any atom is -0.465 e. The van der Waals surface area contributed by atoms with E-state index in [-0.39, 0.29) is 12.0 Å². The molecule has 0 bridgehead atoms. The van der Waals surface area contributed by atoms with Gasteiger partial charge in [-0.3, -0.25) is 4.79 Å². The lowest BCUT2D eigenvalue weighted by atomic mass is 10.2. The van der Waals surface area contributed by atoms with Crippen molar-refractivity contribution in [3.05, 3.63) is 0 Å². The van der Waals surface area contributed by atoms with E-state index in [2.05, 4.69) is 5.32 Å². The second-order valence-corrected chi connectivity index (χ2v) is 5.36. The lowest BCUT2D eigenvalue weighted by molar-refractivity contribution is -0.145. The minimum atomic E-state index is -0.127. The fourth-order valence-electron chi connectivity index (χ4n) is 1.49. The molecular weight excluding hydrogens is 238 g/mol. The largest absolute Gasteiger partial charge is 0.465 e. The Morgan fingerprint density at radius 1 is 1.47 bits per heavy atom. The Bertz CT molecular complexity index is 222. The van der Waals surface area contributed by atoms with Crippen LogP contribution in [0.5, 0.6) is 0 Å². The Hall–Kier alpha value is -0.260. The Labute approximate surface area is 108 Å². The zero-order valence-corrected chi connectivity index (χ0v) is 11.6. The Kier molecular flexibility index (Phi) is 7.64. The highest BCUT2D eigenvalue weighted by Gasteiger charge is 2.28. The number of nitrogens with one attached hydrogen (secondary N) is 1. The maximum atomic E-state index is 11.7. The molecular formula is C12H23NO3S. The van der Waals surface area contributed by atoms with E-state index in [1.165, 1.54) is 12.8 Å². The molecule has 0 radical (unpaired) electrons. The van der Waals surface area contributed by atoms with E-state index in [9.17, 15) is 4.79 Å². The number of thioether (sulfide) groups is 1. The summed E-state index contributed by atoms with van der Waals surface area (Å²) in [5.41, 5.74) is 0. The van der Waals surface area contributed by atoms with Gasteiger partial charge in [-0.1, -0.05) is 0 Å². The van der Waals surface area contributed by atoms with Crippen molar-refractivity contribution in [2.45, 2.75) is 38.3 Å². The molecule has 0 saturated heterocycles. The molecule has 0 aromatic rings. The molecule has 1 unspecified atom stereocenters. The number of esters is 1. The van der Waals surface area contributed by atoms with Gasteiger partial charge in [-0.15, -0.1) is 0 Å². The molecule has 1 rings (SSSR count). The van der Waals surface area contributed by atoms with Gasteiger partial charge >= 0.3 is 5.97 Å². The summed E-state index contributed by atoms with van der Waals surface area (Å²) in [4.78, 5) is 11.7. The number of methoxy groups -OCH3 is 1. The Morgan fingerprint density at radius 2 is 2.24 bits per heavy atom. The molecule has 1 aliphatic rings. The van der Waals surface area contributed by atoms with E-state index in [0.717, 1.165) is 24.5 Å². The third-order valence-electron chi connectivity index (χ3n) is 2.57. The molecule has 1 saturated carbocycles. The molecule has 0 spiro atoms. The topological polar surface area (TPSA) is 47.6 Å². The first-order valence-electron chi connectivity index (χ1n) is 6.27. The van der Waals surface area contributed by atoms with Gasteiger partial charge < -0.3 is 14.8 Å². The molecule has 17 heavy (non-hydrogen) atoms. The molecule has 1 N–H and O–H groups in total. The van der Waals surface area contributed by atoms with E-state index in [1.54, 1.807) is 7.11 Å². The van der Waals surface area contributed by atoms with Crippen LogP contribution in [0.2, 0.25) is 0 Å². The summed E-state index contributed by atoms with van der Waals surface area (Å²) in [6, 6.07) is 0.408. The van der Waals surface area contributed by atoms with Gasteiger partial charge in [-0.2, -0.15) is 11.8 Å². The summed E-state index contributed by atoms with van der Waals surface area (Å²) in [5.74, 6) is 1.84. The van der Waals surface area contributed by atoms with Crippen molar-refractivity contribution in [2.24, 2.45) is 0 Å². The second-order valence-electron chi connectivity index (χ2n) is 4.14. The SMILES string of the molecule is CCOC(=O)C(CCSCCOC)NC1CC1. The number of carbonyl (C=O) groups is 1. The van der Waals surface area contributed by atoms with Crippen LogP contribution in [0.15, 0.2) is 0 Å². The number of hydrogen-bond acceptors (Lipinski definition) is 5. The molecule has 100 valence electrons. The quantitative estimate of drug-likeness (QED) is 0.476. The maximum absolute atomic E-state index is 11.7. The molecule has 0 heterocycles. The van der Waals surface area contributed by atoms with Crippen molar-refractivity contribution in [1.82, 2.24) is 5.32 Å². The van der Waals surface area contributed by atoms with Crippen molar-refractivity contribution in [3.8, 4) is 0 Å². The van der Waals surface area contributed by atoms with Crippen LogP contribution in [-0.4, -0.2) is 49.9 Å². The maximum Gasteiger partial charge on any atom is 0.323 e. The van der Waals surface area contributed by atoms with E-state index in [1.807, 2.05) is 18.7 Å². The van der Waals surface area contributed by atoms with Gasteiger partial charge in [0, 0.05) is 18.9 Å². The lowest BCUT2D eigenvalue weighted by Crippen LogP contribution is -2.39. The van der Waals surface area contributed by atoms with Crippen LogP contribution in [0.25, 0.3) is 0 Å². The van der Waals surface area contributed by atoms with Gasteiger partial charge in [0.2, 0.25) is 0 Å². The van der Waals surface area contributed by atoms with Crippen molar-refractivity contribution in [2.75, 3.05) is 31.8 Å². The van der Waals surface area contributed by atoms with Crippen LogP contribution >= 0.6 is 11.8 Å². The summed E-state index contributed by atoms with van der Waals surface area (Å²) in [6.45, 7) is 3.07. The van der Waals surface area contributed by atoms with Gasteiger partial charge in [0.05, 0.1) is 13.2 Å². The Morgan fingerprint density at radius 3 is 2.82 bits per heavy atom. The number of carbonyl (C=O) groups excluding carboxylic acids is 1. The third-order valence-corrected chi connectivity index (χ3v) is 3.55. The summed E-state index contributed by atoms with van der Waals surface area (Å²) >= 11 is 1.82. The van der Waals surface area contributed by atoms with E-state index in [4.69, 9.17) is 9.47 Å². The summed E-state index contributed by atoms with van der Waals surface area (Å²) < 4.78 is 10.1. The first kappa shape index (κ1) is 14.8. The molecule has 0 aliphatic heterocycles. The molecule has 1 atom stereocenters.